The van der Waals surface area contributed by atoms with E-state index in [1.165, 1.54) is 32.6 Å². The van der Waals surface area contributed by atoms with Crippen LogP contribution in [0.1, 0.15) is 5.56 Å². The summed E-state index contributed by atoms with van der Waals surface area (Å²) in [5, 5.41) is 0.519. The van der Waals surface area contributed by atoms with Crippen molar-refractivity contribution in [3.63, 3.8) is 0 Å². The van der Waals surface area contributed by atoms with Gasteiger partial charge in [0.1, 0.15) is 0 Å². The van der Waals surface area contributed by atoms with E-state index in [4.69, 9.17) is 11.6 Å². The largest absolute Gasteiger partial charge is 0.328 e. The maximum Gasteiger partial charge on any atom is 0.328 e. The topological polar surface area (TPSA) is 64.3 Å². The van der Waals surface area contributed by atoms with Gasteiger partial charge in [-0.05, 0) is 29.8 Å². The molecule has 3 aromatic rings. The van der Waals surface area contributed by atoms with Gasteiger partial charge in [-0.3, -0.25) is 9.13 Å². The Bertz CT molecular complexity index is 1120. The van der Waals surface area contributed by atoms with Crippen LogP contribution in [0.25, 0.3) is 11.0 Å². The van der Waals surface area contributed by atoms with Crippen LogP contribution >= 0.6 is 11.6 Å². The molecule has 25 heavy (non-hydrogen) atoms. The number of hydrogen-bond acceptors (Lipinski definition) is 3. The van der Waals surface area contributed by atoms with Gasteiger partial charge in [0.15, 0.2) is 0 Å². The molecule has 0 bridgehead atoms. The van der Waals surface area contributed by atoms with E-state index in [0.29, 0.717) is 16.1 Å². The van der Waals surface area contributed by atoms with Crippen molar-refractivity contribution in [3.05, 3.63) is 63.5 Å². The fourth-order valence-corrected chi connectivity index (χ4v) is 4.14. The maximum absolute atomic E-state index is 12.9. The predicted molar refractivity (Wildman–Crippen MR) is 98.3 cm³/mol. The Hall–Kier alpha value is -2.09. The number of sulfonamides is 1. The van der Waals surface area contributed by atoms with Crippen LogP contribution in [0.3, 0.4) is 0 Å². The molecule has 6 nitrogen and oxygen atoms in total. The van der Waals surface area contributed by atoms with E-state index in [0.717, 1.165) is 5.56 Å². The van der Waals surface area contributed by atoms with Gasteiger partial charge in [-0.15, -0.1) is 0 Å². The lowest BCUT2D eigenvalue weighted by atomic mass is 10.2. The van der Waals surface area contributed by atoms with Gasteiger partial charge in [-0.1, -0.05) is 29.8 Å². The molecule has 0 N–H and O–H groups in total. The summed E-state index contributed by atoms with van der Waals surface area (Å²) in [5.41, 5.74) is 1.78. The third kappa shape index (κ3) is 2.99. The van der Waals surface area contributed by atoms with Crippen LogP contribution in [0.5, 0.6) is 0 Å². The number of hydrogen-bond donors (Lipinski definition) is 0. The molecule has 0 fully saturated rings. The lowest BCUT2D eigenvalue weighted by Crippen LogP contribution is -2.26. The molecule has 132 valence electrons. The van der Waals surface area contributed by atoms with E-state index in [-0.39, 0.29) is 17.1 Å². The second-order valence-corrected chi connectivity index (χ2v) is 8.36. The first kappa shape index (κ1) is 17.7. The SMILES string of the molecule is CN(Cc1ccccc1Cl)S(=O)(=O)c1ccc2c(c1)n(C)c(=O)n2C. The van der Waals surface area contributed by atoms with E-state index in [9.17, 15) is 13.2 Å². The molecular weight excluding hydrogens is 362 g/mol. The van der Waals surface area contributed by atoms with Crippen molar-refractivity contribution >= 4 is 32.7 Å². The van der Waals surface area contributed by atoms with E-state index in [1.54, 1.807) is 38.4 Å². The maximum atomic E-state index is 12.9. The van der Waals surface area contributed by atoms with Crippen molar-refractivity contribution in [3.8, 4) is 0 Å². The van der Waals surface area contributed by atoms with Crippen LogP contribution in [0, 0.1) is 0 Å². The quantitative estimate of drug-likeness (QED) is 0.699. The fraction of sp³-hybridized carbons (Fsp3) is 0.235. The summed E-state index contributed by atoms with van der Waals surface area (Å²) < 4.78 is 29.9. The zero-order chi connectivity index (χ0) is 18.4. The van der Waals surface area contributed by atoms with Crippen LogP contribution < -0.4 is 5.69 Å². The van der Waals surface area contributed by atoms with Crippen LogP contribution in [-0.4, -0.2) is 28.9 Å². The summed E-state index contributed by atoms with van der Waals surface area (Å²) in [6.07, 6.45) is 0. The molecule has 0 aliphatic heterocycles. The first-order valence-corrected chi connectivity index (χ1v) is 9.40. The van der Waals surface area contributed by atoms with Crippen LogP contribution in [0.15, 0.2) is 52.2 Å². The summed E-state index contributed by atoms with van der Waals surface area (Å²) in [5.74, 6) is 0. The highest BCUT2D eigenvalue weighted by atomic mass is 35.5. The molecule has 0 saturated carbocycles. The van der Waals surface area contributed by atoms with Crippen molar-refractivity contribution in [1.82, 2.24) is 13.4 Å². The number of aromatic nitrogens is 2. The Morgan fingerprint density at radius 1 is 1.04 bits per heavy atom. The normalized spacial score (nSPS) is 12.2. The Morgan fingerprint density at radius 2 is 1.68 bits per heavy atom. The molecule has 0 spiro atoms. The summed E-state index contributed by atoms with van der Waals surface area (Å²) in [6, 6.07) is 11.8. The van der Waals surface area contributed by atoms with E-state index in [1.807, 2.05) is 6.07 Å². The highest BCUT2D eigenvalue weighted by Gasteiger charge is 2.23. The number of imidazole rings is 1. The third-order valence-corrected chi connectivity index (χ3v) is 6.47. The van der Waals surface area contributed by atoms with Gasteiger partial charge in [-0.2, -0.15) is 4.31 Å². The fourth-order valence-electron chi connectivity index (χ4n) is 2.78. The zero-order valence-corrected chi connectivity index (χ0v) is 15.7. The van der Waals surface area contributed by atoms with Gasteiger partial charge in [0, 0.05) is 32.7 Å². The van der Waals surface area contributed by atoms with E-state index >= 15 is 0 Å². The Morgan fingerprint density at radius 3 is 2.36 bits per heavy atom. The molecule has 0 atom stereocenters. The van der Waals surface area contributed by atoms with Crippen molar-refractivity contribution in [2.75, 3.05) is 7.05 Å². The first-order chi connectivity index (χ1) is 11.7. The summed E-state index contributed by atoms with van der Waals surface area (Å²) >= 11 is 6.12. The second-order valence-electron chi connectivity index (χ2n) is 5.90. The van der Waals surface area contributed by atoms with Crippen molar-refractivity contribution < 1.29 is 8.42 Å². The molecule has 1 aromatic heterocycles. The highest BCUT2D eigenvalue weighted by Crippen LogP contribution is 2.23. The number of benzene rings is 2. The molecule has 2 aromatic carbocycles. The highest BCUT2D eigenvalue weighted by molar-refractivity contribution is 7.89. The minimum Gasteiger partial charge on any atom is -0.295 e. The first-order valence-electron chi connectivity index (χ1n) is 7.58. The average molecular weight is 380 g/mol. The molecule has 8 heteroatoms. The Balaban J connectivity index is 2.02. The molecule has 0 radical (unpaired) electrons. The number of rotatable bonds is 4. The molecule has 0 amide bonds. The van der Waals surface area contributed by atoms with Gasteiger partial charge in [0.2, 0.25) is 10.0 Å². The van der Waals surface area contributed by atoms with E-state index < -0.39 is 10.0 Å². The molecule has 1 heterocycles. The molecule has 0 aliphatic rings. The van der Waals surface area contributed by atoms with Gasteiger partial charge in [0.05, 0.1) is 15.9 Å². The summed E-state index contributed by atoms with van der Waals surface area (Å²) in [4.78, 5) is 12.1. The van der Waals surface area contributed by atoms with Crippen LogP contribution in [0.2, 0.25) is 5.02 Å². The lowest BCUT2D eigenvalue weighted by Gasteiger charge is -2.18. The molecule has 3 rings (SSSR count). The zero-order valence-electron chi connectivity index (χ0n) is 14.1. The van der Waals surface area contributed by atoms with Gasteiger partial charge in [-0.25, -0.2) is 13.2 Å². The minimum atomic E-state index is -3.72. The predicted octanol–water partition coefficient (Wildman–Crippen LogP) is 2.35. The molecular formula is C17H18ClN3O3S. The van der Waals surface area contributed by atoms with Crippen LogP contribution in [-0.2, 0) is 30.7 Å². The smallest absolute Gasteiger partial charge is 0.295 e. The Kier molecular flexibility index (Phi) is 4.49. The average Bonchev–Trinajstić information content (AvgIpc) is 2.81. The van der Waals surface area contributed by atoms with Gasteiger partial charge < -0.3 is 0 Å². The number of aryl methyl sites for hydroxylation is 2. The minimum absolute atomic E-state index is 0.135. The van der Waals surface area contributed by atoms with Crippen molar-refractivity contribution in [1.29, 1.82) is 0 Å². The standard InChI is InChI=1S/C17H18ClN3O3S/c1-19(11-12-6-4-5-7-14(12)18)25(23,24)13-8-9-15-16(10-13)21(3)17(22)20(15)2/h4-10H,11H2,1-3H3. The molecule has 0 unspecified atom stereocenters. The van der Waals surface area contributed by atoms with Gasteiger partial charge in [0.25, 0.3) is 0 Å². The number of fused-ring (bicyclic) bond motifs is 1. The lowest BCUT2D eigenvalue weighted by molar-refractivity contribution is 0.467. The van der Waals surface area contributed by atoms with E-state index in [2.05, 4.69) is 0 Å². The number of halogens is 1. The second kappa shape index (κ2) is 6.33. The third-order valence-electron chi connectivity index (χ3n) is 4.30. The molecule has 0 saturated heterocycles. The monoisotopic (exact) mass is 379 g/mol. The summed E-state index contributed by atoms with van der Waals surface area (Å²) in [7, 11) is 1.07. The van der Waals surface area contributed by atoms with Crippen molar-refractivity contribution in [2.45, 2.75) is 11.4 Å². The number of nitrogens with zero attached hydrogens (tertiary/aromatic N) is 3. The summed E-state index contributed by atoms with van der Waals surface area (Å²) in [6.45, 7) is 0.160. The Labute approximate surface area is 150 Å². The molecule has 0 aliphatic carbocycles. The van der Waals surface area contributed by atoms with Crippen molar-refractivity contribution in [2.24, 2.45) is 14.1 Å². The van der Waals surface area contributed by atoms with Crippen LogP contribution in [0.4, 0.5) is 0 Å². The van der Waals surface area contributed by atoms with Gasteiger partial charge >= 0.3 is 5.69 Å².